The number of likely N-dealkylation sites (tertiary alicyclic amines) is 1. The fourth-order valence-corrected chi connectivity index (χ4v) is 3.94. The summed E-state index contributed by atoms with van der Waals surface area (Å²) < 4.78 is 42.7. The SMILES string of the molecule is COCCN1C(C)CN(C(=O)C2CCN(C(=O)C(F)(F)F)CC2)CC1C. The summed E-state index contributed by atoms with van der Waals surface area (Å²) in [7, 11) is 1.66. The third kappa shape index (κ3) is 4.88. The van der Waals surface area contributed by atoms with E-state index >= 15 is 0 Å². The molecule has 2 fully saturated rings. The van der Waals surface area contributed by atoms with Crippen molar-refractivity contribution in [3.8, 4) is 0 Å². The van der Waals surface area contributed by atoms with Crippen molar-refractivity contribution in [3.63, 3.8) is 0 Å². The van der Waals surface area contributed by atoms with Gasteiger partial charge in [0.15, 0.2) is 0 Å². The molecule has 0 N–H and O–H groups in total. The van der Waals surface area contributed by atoms with Gasteiger partial charge in [0.2, 0.25) is 5.91 Å². The molecule has 2 saturated heterocycles. The first kappa shape index (κ1) is 21.0. The zero-order valence-corrected chi connectivity index (χ0v) is 15.6. The molecule has 2 rings (SSSR count). The normalized spacial score (nSPS) is 26.2. The van der Waals surface area contributed by atoms with Crippen LogP contribution in [0, 0.1) is 5.92 Å². The molecular weight excluding hydrogens is 351 g/mol. The Morgan fingerprint density at radius 3 is 2.04 bits per heavy atom. The zero-order chi connectivity index (χ0) is 19.5. The molecule has 2 aliphatic rings. The Morgan fingerprint density at radius 1 is 1.04 bits per heavy atom. The van der Waals surface area contributed by atoms with E-state index in [1.54, 1.807) is 7.11 Å². The molecule has 9 heteroatoms. The van der Waals surface area contributed by atoms with E-state index in [1.165, 1.54) is 0 Å². The van der Waals surface area contributed by atoms with Crippen molar-refractivity contribution in [1.29, 1.82) is 0 Å². The molecular formula is C17H28F3N3O3. The second-order valence-corrected chi connectivity index (χ2v) is 7.24. The minimum atomic E-state index is -4.85. The van der Waals surface area contributed by atoms with E-state index in [4.69, 9.17) is 4.74 Å². The molecule has 0 saturated carbocycles. The van der Waals surface area contributed by atoms with Crippen molar-refractivity contribution in [2.75, 3.05) is 46.4 Å². The third-order valence-electron chi connectivity index (χ3n) is 5.34. The molecule has 0 aromatic carbocycles. The molecule has 2 unspecified atom stereocenters. The lowest BCUT2D eigenvalue weighted by atomic mass is 9.94. The second kappa shape index (κ2) is 8.56. The van der Waals surface area contributed by atoms with Crippen molar-refractivity contribution in [2.24, 2.45) is 5.92 Å². The number of amides is 2. The Kier molecular flexibility index (Phi) is 6.90. The highest BCUT2D eigenvalue weighted by Crippen LogP contribution is 2.26. The molecule has 0 bridgehead atoms. The summed E-state index contributed by atoms with van der Waals surface area (Å²) in [6, 6.07) is 0.398. The van der Waals surface area contributed by atoms with E-state index in [2.05, 4.69) is 18.7 Å². The minimum Gasteiger partial charge on any atom is -0.383 e. The van der Waals surface area contributed by atoms with Crippen LogP contribution in [0.2, 0.25) is 0 Å². The Labute approximate surface area is 152 Å². The van der Waals surface area contributed by atoms with Gasteiger partial charge in [-0.3, -0.25) is 14.5 Å². The molecule has 0 aromatic rings. The number of alkyl halides is 3. The smallest absolute Gasteiger partial charge is 0.383 e. The van der Waals surface area contributed by atoms with Crippen LogP contribution in [0.5, 0.6) is 0 Å². The fourth-order valence-electron chi connectivity index (χ4n) is 3.94. The molecule has 0 radical (unpaired) electrons. The van der Waals surface area contributed by atoms with Crippen LogP contribution < -0.4 is 0 Å². The van der Waals surface area contributed by atoms with Crippen LogP contribution in [0.25, 0.3) is 0 Å². The molecule has 2 aliphatic heterocycles. The van der Waals surface area contributed by atoms with E-state index < -0.39 is 12.1 Å². The number of piperazine rings is 1. The quantitative estimate of drug-likeness (QED) is 0.740. The van der Waals surface area contributed by atoms with E-state index in [1.807, 2.05) is 4.90 Å². The molecule has 6 nitrogen and oxygen atoms in total. The van der Waals surface area contributed by atoms with Gasteiger partial charge in [0.1, 0.15) is 0 Å². The van der Waals surface area contributed by atoms with Gasteiger partial charge >= 0.3 is 12.1 Å². The first-order valence-electron chi connectivity index (χ1n) is 9.04. The second-order valence-electron chi connectivity index (χ2n) is 7.24. The van der Waals surface area contributed by atoms with Gasteiger partial charge in [-0.1, -0.05) is 0 Å². The van der Waals surface area contributed by atoms with Gasteiger partial charge in [0.25, 0.3) is 0 Å². The molecule has 2 atom stereocenters. The average Bonchev–Trinajstić information content (AvgIpc) is 2.59. The monoisotopic (exact) mass is 379 g/mol. The molecule has 26 heavy (non-hydrogen) atoms. The van der Waals surface area contributed by atoms with Gasteiger partial charge in [-0.15, -0.1) is 0 Å². The number of piperidine rings is 1. The van der Waals surface area contributed by atoms with Gasteiger partial charge in [-0.05, 0) is 26.7 Å². The molecule has 2 heterocycles. The first-order chi connectivity index (χ1) is 12.1. The Hall–Kier alpha value is -1.35. The van der Waals surface area contributed by atoms with Crippen molar-refractivity contribution in [1.82, 2.24) is 14.7 Å². The van der Waals surface area contributed by atoms with Crippen LogP contribution in [0.15, 0.2) is 0 Å². The highest BCUT2D eigenvalue weighted by molar-refractivity contribution is 5.83. The highest BCUT2D eigenvalue weighted by Gasteiger charge is 2.44. The van der Waals surface area contributed by atoms with Gasteiger partial charge in [0.05, 0.1) is 6.61 Å². The molecule has 150 valence electrons. The summed E-state index contributed by atoms with van der Waals surface area (Å²) in [5.41, 5.74) is 0. The van der Waals surface area contributed by atoms with E-state index in [9.17, 15) is 22.8 Å². The van der Waals surface area contributed by atoms with Crippen molar-refractivity contribution >= 4 is 11.8 Å². The van der Waals surface area contributed by atoms with Crippen LogP contribution >= 0.6 is 0 Å². The van der Waals surface area contributed by atoms with Crippen LogP contribution in [0.1, 0.15) is 26.7 Å². The number of hydrogen-bond acceptors (Lipinski definition) is 4. The van der Waals surface area contributed by atoms with Crippen LogP contribution in [0.3, 0.4) is 0 Å². The van der Waals surface area contributed by atoms with E-state index in [0.717, 1.165) is 11.4 Å². The molecule has 0 spiro atoms. The Morgan fingerprint density at radius 2 is 1.58 bits per heavy atom. The van der Waals surface area contributed by atoms with E-state index in [0.29, 0.717) is 19.7 Å². The summed E-state index contributed by atoms with van der Waals surface area (Å²) in [6.07, 6.45) is -4.28. The number of nitrogens with zero attached hydrogens (tertiary/aromatic N) is 3. The number of ether oxygens (including phenoxy) is 1. The van der Waals surface area contributed by atoms with Crippen molar-refractivity contribution in [2.45, 2.75) is 44.9 Å². The molecule has 2 amide bonds. The lowest BCUT2D eigenvalue weighted by molar-refractivity contribution is -0.187. The fraction of sp³-hybridized carbons (Fsp3) is 0.882. The predicted octanol–water partition coefficient (Wildman–Crippen LogP) is 1.35. The van der Waals surface area contributed by atoms with Crippen LogP contribution in [0.4, 0.5) is 13.2 Å². The van der Waals surface area contributed by atoms with Gasteiger partial charge in [0, 0.05) is 57.8 Å². The van der Waals surface area contributed by atoms with Gasteiger partial charge < -0.3 is 14.5 Å². The van der Waals surface area contributed by atoms with Crippen LogP contribution in [-0.2, 0) is 14.3 Å². The lowest BCUT2D eigenvalue weighted by Crippen LogP contribution is -2.60. The largest absolute Gasteiger partial charge is 0.471 e. The maximum atomic E-state index is 12.8. The number of carbonyl (C=O) groups is 2. The van der Waals surface area contributed by atoms with Gasteiger partial charge in [-0.2, -0.15) is 13.2 Å². The zero-order valence-electron chi connectivity index (χ0n) is 15.6. The summed E-state index contributed by atoms with van der Waals surface area (Å²) in [4.78, 5) is 29.0. The van der Waals surface area contributed by atoms with E-state index in [-0.39, 0.29) is 49.8 Å². The van der Waals surface area contributed by atoms with Crippen molar-refractivity contribution in [3.05, 3.63) is 0 Å². The summed E-state index contributed by atoms with van der Waals surface area (Å²) in [6.45, 7) is 6.74. The average molecular weight is 379 g/mol. The summed E-state index contributed by atoms with van der Waals surface area (Å²) >= 11 is 0. The summed E-state index contributed by atoms with van der Waals surface area (Å²) in [5, 5.41) is 0. The number of hydrogen-bond donors (Lipinski definition) is 0. The summed E-state index contributed by atoms with van der Waals surface area (Å²) in [5.74, 6) is -2.12. The molecule has 0 aliphatic carbocycles. The van der Waals surface area contributed by atoms with Crippen molar-refractivity contribution < 1.29 is 27.5 Å². The number of halogens is 3. The standard InChI is InChI=1S/C17H28F3N3O3/c1-12-10-22(11-13(2)23(12)8-9-26-3)15(24)14-4-6-21(7-5-14)16(25)17(18,19)20/h12-14H,4-11H2,1-3H3. The maximum Gasteiger partial charge on any atom is 0.471 e. The Bertz CT molecular complexity index is 495. The topological polar surface area (TPSA) is 53.1 Å². The number of carbonyl (C=O) groups excluding carboxylic acids is 2. The highest BCUT2D eigenvalue weighted by atomic mass is 19.4. The predicted molar refractivity (Wildman–Crippen MR) is 89.4 cm³/mol. The van der Waals surface area contributed by atoms with Crippen LogP contribution in [-0.4, -0.2) is 91.2 Å². The minimum absolute atomic E-state index is 0.00537. The Balaban J connectivity index is 1.88. The number of methoxy groups -OCH3 is 1. The maximum absolute atomic E-state index is 12.8. The lowest BCUT2D eigenvalue weighted by Gasteiger charge is -2.45. The first-order valence-corrected chi connectivity index (χ1v) is 9.04. The van der Waals surface area contributed by atoms with Gasteiger partial charge in [-0.25, -0.2) is 0 Å². The molecule has 0 aromatic heterocycles. The third-order valence-corrected chi connectivity index (χ3v) is 5.34. The number of rotatable bonds is 4.